The number of hydrogen-bond donors (Lipinski definition) is 0. The van der Waals surface area contributed by atoms with Crippen LogP contribution in [-0.4, -0.2) is 0 Å². The first-order valence-electron chi connectivity index (χ1n) is 4.43. The van der Waals surface area contributed by atoms with Crippen molar-refractivity contribution in [3.05, 3.63) is 57.5 Å². The number of hydrogen-bond acceptors (Lipinski definition) is 1. The summed E-state index contributed by atoms with van der Waals surface area (Å²) in [5.41, 5.74) is 0. The zero-order chi connectivity index (χ0) is 10.7. The lowest BCUT2D eigenvalue weighted by molar-refractivity contribution is 1.39. The highest BCUT2D eigenvalue weighted by Crippen LogP contribution is 2.29. The lowest BCUT2D eigenvalue weighted by atomic mass is 10.4. The van der Waals surface area contributed by atoms with E-state index in [4.69, 9.17) is 0 Å². The highest BCUT2D eigenvalue weighted by molar-refractivity contribution is 9.10. The summed E-state index contributed by atoms with van der Waals surface area (Å²) in [6, 6.07) is 16.7. The van der Waals surface area contributed by atoms with Crippen molar-refractivity contribution < 1.29 is 0 Å². The Kier molecular flexibility index (Phi) is 5.90. The maximum Gasteiger partial charge on any atom is 0.0176 e. The summed E-state index contributed by atoms with van der Waals surface area (Å²) in [6.45, 7) is 0. The van der Waals surface area contributed by atoms with Gasteiger partial charge in [0.1, 0.15) is 0 Å². The van der Waals surface area contributed by atoms with Crippen molar-refractivity contribution in [2.45, 2.75) is 9.79 Å². The van der Waals surface area contributed by atoms with Crippen LogP contribution in [0.15, 0.2) is 67.3 Å². The van der Waals surface area contributed by atoms with Crippen LogP contribution in [-0.2, 0) is 0 Å². The summed E-state index contributed by atoms with van der Waals surface area (Å²) in [5.74, 6) is 0. The normalized spacial score (nSPS) is 9.62. The van der Waals surface area contributed by atoms with E-state index >= 15 is 0 Å². The van der Waals surface area contributed by atoms with Gasteiger partial charge >= 0.3 is 0 Å². The zero-order valence-electron chi connectivity index (χ0n) is 8.19. The highest BCUT2D eigenvalue weighted by Gasteiger charge is 1.96. The Balaban J connectivity index is 0.00000128. The first kappa shape index (κ1) is 14.1. The van der Waals surface area contributed by atoms with E-state index < -0.39 is 0 Å². The molecular weight excluding hydrogens is 371 g/mol. The Labute approximate surface area is 122 Å². The molecule has 0 unspecified atom stereocenters. The minimum atomic E-state index is 0. The number of rotatable bonds is 2. The zero-order valence-corrected chi connectivity index (χ0v) is 13.0. The molecule has 0 N–H and O–H groups in total. The fourth-order valence-corrected chi connectivity index (χ4v) is 2.49. The van der Waals surface area contributed by atoms with E-state index in [0.717, 1.165) is 8.95 Å². The minimum absolute atomic E-state index is 0. The van der Waals surface area contributed by atoms with Crippen LogP contribution in [0.3, 0.4) is 0 Å². The molecule has 0 saturated heterocycles. The van der Waals surface area contributed by atoms with Crippen molar-refractivity contribution in [1.82, 2.24) is 0 Å². The Morgan fingerprint density at radius 1 is 0.625 bits per heavy atom. The van der Waals surface area contributed by atoms with Gasteiger partial charge in [-0.25, -0.2) is 0 Å². The molecular formula is C12H9Br2ClS. The summed E-state index contributed by atoms with van der Waals surface area (Å²) >= 11 is 8.61. The maximum absolute atomic E-state index is 3.42. The summed E-state index contributed by atoms with van der Waals surface area (Å²) in [4.78, 5) is 2.50. The van der Waals surface area contributed by atoms with Gasteiger partial charge in [-0.15, -0.1) is 12.4 Å². The van der Waals surface area contributed by atoms with Crippen LogP contribution >= 0.6 is 56.0 Å². The van der Waals surface area contributed by atoms with Crippen LogP contribution in [0.4, 0.5) is 0 Å². The quantitative estimate of drug-likeness (QED) is 0.636. The standard InChI is InChI=1S/C12H8Br2S.ClH/c13-9-1-5-11(6-2-9)15-12-7-3-10(14)4-8-12;/h1-8H;1H. The van der Waals surface area contributed by atoms with Crippen LogP contribution in [0.5, 0.6) is 0 Å². The van der Waals surface area contributed by atoms with Crippen LogP contribution in [0.2, 0.25) is 0 Å². The molecule has 0 atom stereocenters. The Hall–Kier alpha value is 0.0400. The van der Waals surface area contributed by atoms with Crippen LogP contribution in [0.1, 0.15) is 0 Å². The Morgan fingerprint density at radius 2 is 0.938 bits per heavy atom. The van der Waals surface area contributed by atoms with Crippen molar-refractivity contribution >= 4 is 56.0 Å². The highest BCUT2D eigenvalue weighted by atomic mass is 79.9. The van der Waals surface area contributed by atoms with E-state index in [-0.39, 0.29) is 12.4 Å². The monoisotopic (exact) mass is 378 g/mol. The van der Waals surface area contributed by atoms with Crippen LogP contribution in [0, 0.1) is 0 Å². The van der Waals surface area contributed by atoms with Gasteiger partial charge in [-0.3, -0.25) is 0 Å². The molecule has 0 fully saturated rings. The van der Waals surface area contributed by atoms with Gasteiger partial charge in [0.05, 0.1) is 0 Å². The molecule has 16 heavy (non-hydrogen) atoms. The van der Waals surface area contributed by atoms with Gasteiger partial charge in [0, 0.05) is 18.7 Å². The molecule has 4 heteroatoms. The summed E-state index contributed by atoms with van der Waals surface area (Å²) in [6.07, 6.45) is 0. The third kappa shape index (κ3) is 4.13. The van der Waals surface area contributed by atoms with Gasteiger partial charge in [-0.1, -0.05) is 43.6 Å². The van der Waals surface area contributed by atoms with E-state index in [1.165, 1.54) is 9.79 Å². The van der Waals surface area contributed by atoms with E-state index in [2.05, 4.69) is 80.4 Å². The largest absolute Gasteiger partial charge is 0.147 e. The smallest absolute Gasteiger partial charge is 0.0176 e. The molecule has 2 aromatic carbocycles. The topological polar surface area (TPSA) is 0 Å². The number of benzene rings is 2. The molecule has 2 rings (SSSR count). The predicted molar refractivity (Wildman–Crippen MR) is 79.7 cm³/mol. The molecule has 2 aromatic rings. The predicted octanol–water partition coefficient (Wildman–Crippen LogP) is 5.78. The molecule has 0 aliphatic rings. The summed E-state index contributed by atoms with van der Waals surface area (Å²) < 4.78 is 2.23. The molecule has 0 saturated carbocycles. The van der Waals surface area contributed by atoms with Crippen molar-refractivity contribution in [2.24, 2.45) is 0 Å². The van der Waals surface area contributed by atoms with Gasteiger partial charge in [-0.05, 0) is 48.5 Å². The van der Waals surface area contributed by atoms with Gasteiger partial charge < -0.3 is 0 Å². The Bertz CT molecular complexity index is 396. The van der Waals surface area contributed by atoms with Gasteiger partial charge in [-0.2, -0.15) is 0 Å². The van der Waals surface area contributed by atoms with Gasteiger partial charge in [0.25, 0.3) is 0 Å². The first-order chi connectivity index (χ1) is 7.24. The molecule has 84 valence electrons. The van der Waals surface area contributed by atoms with E-state index in [9.17, 15) is 0 Å². The van der Waals surface area contributed by atoms with E-state index in [1.54, 1.807) is 11.8 Å². The van der Waals surface area contributed by atoms with Gasteiger partial charge in [0.15, 0.2) is 0 Å². The first-order valence-corrected chi connectivity index (χ1v) is 6.83. The van der Waals surface area contributed by atoms with Crippen LogP contribution < -0.4 is 0 Å². The lowest BCUT2D eigenvalue weighted by Gasteiger charge is -2.01. The molecule has 0 aromatic heterocycles. The van der Waals surface area contributed by atoms with Crippen molar-refractivity contribution in [3.8, 4) is 0 Å². The van der Waals surface area contributed by atoms with E-state index in [0.29, 0.717) is 0 Å². The van der Waals surface area contributed by atoms with Crippen molar-refractivity contribution in [2.75, 3.05) is 0 Å². The third-order valence-corrected chi connectivity index (χ3v) is 3.94. The molecule has 0 bridgehead atoms. The second-order valence-corrected chi connectivity index (χ2v) is 5.99. The molecule has 0 aliphatic heterocycles. The molecule has 0 heterocycles. The van der Waals surface area contributed by atoms with Gasteiger partial charge in [0.2, 0.25) is 0 Å². The fraction of sp³-hybridized carbons (Fsp3) is 0. The average Bonchev–Trinajstić information content (AvgIpc) is 2.25. The van der Waals surface area contributed by atoms with E-state index in [1.807, 2.05) is 0 Å². The second kappa shape index (κ2) is 6.70. The van der Waals surface area contributed by atoms with Crippen LogP contribution in [0.25, 0.3) is 0 Å². The Morgan fingerprint density at radius 3 is 1.25 bits per heavy atom. The van der Waals surface area contributed by atoms with Crippen molar-refractivity contribution in [3.63, 3.8) is 0 Å². The summed E-state index contributed by atoms with van der Waals surface area (Å²) in [5, 5.41) is 0. The second-order valence-electron chi connectivity index (χ2n) is 3.01. The fourth-order valence-electron chi connectivity index (χ4n) is 1.14. The third-order valence-electron chi connectivity index (χ3n) is 1.86. The van der Waals surface area contributed by atoms with Crippen molar-refractivity contribution in [1.29, 1.82) is 0 Å². The summed E-state index contributed by atoms with van der Waals surface area (Å²) in [7, 11) is 0. The number of halogens is 3. The maximum atomic E-state index is 3.42. The SMILES string of the molecule is Brc1ccc(Sc2ccc(Br)cc2)cc1.Cl. The lowest BCUT2D eigenvalue weighted by Crippen LogP contribution is -1.73. The minimum Gasteiger partial charge on any atom is -0.147 e. The molecule has 0 aliphatic carbocycles. The molecule has 0 nitrogen and oxygen atoms in total. The molecule has 0 amide bonds. The average molecular weight is 381 g/mol. The molecule has 0 radical (unpaired) electrons. The molecule has 0 spiro atoms.